The van der Waals surface area contributed by atoms with Gasteiger partial charge < -0.3 is 25.0 Å². The second-order valence-corrected chi connectivity index (χ2v) is 13.2. The van der Waals surface area contributed by atoms with Gasteiger partial charge in [0.1, 0.15) is 29.7 Å². The van der Waals surface area contributed by atoms with Gasteiger partial charge in [-0.25, -0.2) is 13.8 Å². The Balaban J connectivity index is 1.30. The Kier molecular flexibility index (Phi) is 6.49. The van der Waals surface area contributed by atoms with Crippen LogP contribution in [0, 0.1) is 17.1 Å². The molecule has 0 saturated carbocycles. The molecular formula is C29H32F2N8O2S. The van der Waals surface area contributed by atoms with Crippen LogP contribution in [0.15, 0.2) is 18.5 Å². The summed E-state index contributed by atoms with van der Waals surface area (Å²) in [6.07, 6.45) is 4.52. The fourth-order valence-corrected chi connectivity index (χ4v) is 7.96. The molecule has 3 N–H and O–H groups in total. The quantitative estimate of drug-likeness (QED) is 0.340. The van der Waals surface area contributed by atoms with Gasteiger partial charge in [0.05, 0.1) is 34.3 Å². The number of aliphatic hydroxyl groups is 1. The number of imidazole rings is 1. The molecule has 3 atom stereocenters. The molecule has 0 radical (unpaired) electrons. The summed E-state index contributed by atoms with van der Waals surface area (Å²) in [6, 6.07) is 5.15. The molecular weight excluding hydrogens is 562 g/mol. The second-order valence-electron chi connectivity index (χ2n) is 12.1. The molecule has 0 amide bonds. The Bertz CT molecular complexity index is 1730. The fraction of sp³-hybridized carbons (Fsp3) is 0.517. The van der Waals surface area contributed by atoms with Gasteiger partial charge in [0.25, 0.3) is 0 Å². The zero-order chi connectivity index (χ0) is 29.2. The lowest BCUT2D eigenvalue weighted by atomic mass is 9.95. The molecule has 6 heterocycles. The molecule has 0 bridgehead atoms. The average Bonchev–Trinajstić information content (AvgIpc) is 3.69. The summed E-state index contributed by atoms with van der Waals surface area (Å²) in [5.74, 6) is 0.295. The van der Waals surface area contributed by atoms with Crippen LogP contribution in [0.2, 0.25) is 0 Å². The number of halogens is 2. The minimum atomic E-state index is -0.882. The number of aromatic nitrogens is 4. The highest BCUT2D eigenvalue weighted by molar-refractivity contribution is 7.23. The molecule has 3 aromatic heterocycles. The molecule has 0 aliphatic carbocycles. The SMILES string of the molecule is C[C@@]1(O)CCCN(c2nc(OC[C@@]34CCCN3C[C@H](F)C4)c3ncn(Cc4ccc(F)c5sc(N)c(C#N)c45)c3n2)C1. The van der Waals surface area contributed by atoms with Crippen molar-refractivity contribution in [3.63, 3.8) is 0 Å². The molecule has 7 rings (SSSR count). The third kappa shape index (κ3) is 4.53. The van der Waals surface area contributed by atoms with Crippen molar-refractivity contribution in [2.75, 3.05) is 43.4 Å². The minimum Gasteiger partial charge on any atom is -0.474 e. The predicted octanol–water partition coefficient (Wildman–Crippen LogP) is 3.99. The van der Waals surface area contributed by atoms with Crippen LogP contribution in [-0.4, -0.2) is 79.6 Å². The lowest BCUT2D eigenvalue weighted by Gasteiger charge is -2.37. The molecule has 220 valence electrons. The first-order valence-electron chi connectivity index (χ1n) is 14.3. The number of fused-ring (bicyclic) bond motifs is 3. The Morgan fingerprint density at radius 2 is 2.10 bits per heavy atom. The minimum absolute atomic E-state index is 0.256. The van der Waals surface area contributed by atoms with Crippen molar-refractivity contribution in [2.24, 2.45) is 0 Å². The number of nitriles is 1. The Labute approximate surface area is 245 Å². The van der Waals surface area contributed by atoms with E-state index in [1.165, 1.54) is 6.07 Å². The number of anilines is 2. The maximum Gasteiger partial charge on any atom is 0.247 e. The number of nitrogens with zero attached hydrogens (tertiary/aromatic N) is 7. The van der Waals surface area contributed by atoms with E-state index in [1.807, 2.05) is 9.47 Å². The highest BCUT2D eigenvalue weighted by atomic mass is 32.1. The lowest BCUT2D eigenvalue weighted by molar-refractivity contribution is 0.0444. The first-order chi connectivity index (χ1) is 20.2. The smallest absolute Gasteiger partial charge is 0.247 e. The number of piperidine rings is 1. The number of hydrogen-bond acceptors (Lipinski definition) is 10. The van der Waals surface area contributed by atoms with E-state index < -0.39 is 17.6 Å². The molecule has 3 saturated heterocycles. The zero-order valence-electron chi connectivity index (χ0n) is 23.3. The number of thiophene rings is 1. The fourth-order valence-electron chi connectivity index (χ4n) is 6.99. The van der Waals surface area contributed by atoms with Crippen molar-refractivity contribution < 1.29 is 18.6 Å². The third-order valence-corrected chi connectivity index (χ3v) is 10.0. The topological polar surface area (TPSA) is 129 Å². The van der Waals surface area contributed by atoms with Gasteiger partial charge in [-0.05, 0) is 50.8 Å². The normalized spacial score (nSPS) is 26.3. The number of β-amino-alcohol motifs (C(OH)–C–C–N with tert-alkyl or cyclic N) is 1. The van der Waals surface area contributed by atoms with Crippen LogP contribution in [0.3, 0.4) is 0 Å². The number of rotatable bonds is 6. The van der Waals surface area contributed by atoms with Gasteiger partial charge in [0, 0.05) is 31.4 Å². The van der Waals surface area contributed by atoms with Crippen molar-refractivity contribution >= 4 is 43.5 Å². The molecule has 13 heteroatoms. The van der Waals surface area contributed by atoms with E-state index >= 15 is 0 Å². The molecule has 4 aromatic rings. The Hall–Kier alpha value is -3.60. The molecule has 10 nitrogen and oxygen atoms in total. The van der Waals surface area contributed by atoms with E-state index in [2.05, 4.69) is 16.0 Å². The summed E-state index contributed by atoms with van der Waals surface area (Å²) in [7, 11) is 0. The third-order valence-electron chi connectivity index (χ3n) is 8.97. The van der Waals surface area contributed by atoms with Crippen LogP contribution >= 0.6 is 11.3 Å². The predicted molar refractivity (Wildman–Crippen MR) is 156 cm³/mol. The molecule has 3 fully saturated rings. The van der Waals surface area contributed by atoms with Crippen molar-refractivity contribution in [3.8, 4) is 11.9 Å². The van der Waals surface area contributed by atoms with Gasteiger partial charge in [-0.2, -0.15) is 15.2 Å². The van der Waals surface area contributed by atoms with Gasteiger partial charge in [-0.1, -0.05) is 6.07 Å². The van der Waals surface area contributed by atoms with Crippen LogP contribution in [-0.2, 0) is 6.54 Å². The number of benzene rings is 1. The maximum absolute atomic E-state index is 14.7. The monoisotopic (exact) mass is 594 g/mol. The van der Waals surface area contributed by atoms with Crippen LogP contribution in [0.5, 0.6) is 5.88 Å². The summed E-state index contributed by atoms with van der Waals surface area (Å²) in [4.78, 5) is 18.4. The zero-order valence-corrected chi connectivity index (χ0v) is 24.1. The average molecular weight is 595 g/mol. The van der Waals surface area contributed by atoms with Crippen LogP contribution in [0.25, 0.3) is 21.3 Å². The molecule has 3 aliphatic heterocycles. The molecule has 42 heavy (non-hydrogen) atoms. The first kappa shape index (κ1) is 27.2. The van der Waals surface area contributed by atoms with Gasteiger partial charge in [0.2, 0.25) is 11.8 Å². The summed E-state index contributed by atoms with van der Waals surface area (Å²) >= 11 is 1.06. The van der Waals surface area contributed by atoms with Crippen molar-refractivity contribution in [3.05, 3.63) is 35.4 Å². The summed E-state index contributed by atoms with van der Waals surface area (Å²) in [5.41, 5.74) is 6.75. The van der Waals surface area contributed by atoms with Crippen molar-refractivity contribution in [1.29, 1.82) is 5.26 Å². The summed E-state index contributed by atoms with van der Waals surface area (Å²) in [6.45, 7) is 4.68. The molecule has 3 aliphatic rings. The lowest BCUT2D eigenvalue weighted by Crippen LogP contribution is -2.47. The number of nitrogens with two attached hydrogens (primary N) is 1. The van der Waals surface area contributed by atoms with Crippen molar-refractivity contribution in [1.82, 2.24) is 24.4 Å². The number of ether oxygens (including phenoxy) is 1. The van der Waals surface area contributed by atoms with Crippen LogP contribution in [0.1, 0.15) is 50.2 Å². The standard InChI is InChI=1S/C29H32F2N8O2S/c1-28(40)6-2-8-37(14-28)27-35-25-22(26(36-27)41-15-29-7-3-9-39(29)13-18(30)10-29)34-16-38(25)12-17-4-5-20(31)23-21(17)19(11-32)24(33)42-23/h4-5,16,18,40H,2-3,6-10,12-15,33H2,1H3/t18-,28-,29+/m1/s1. The Morgan fingerprint density at radius 1 is 1.26 bits per heavy atom. The maximum atomic E-state index is 14.7. The van der Waals surface area contributed by atoms with Crippen LogP contribution < -0.4 is 15.4 Å². The van der Waals surface area contributed by atoms with Gasteiger partial charge in [-0.3, -0.25) is 4.90 Å². The summed E-state index contributed by atoms with van der Waals surface area (Å²) in [5, 5.41) is 21.3. The second kappa shape index (κ2) is 10.00. The van der Waals surface area contributed by atoms with E-state index in [1.54, 1.807) is 19.3 Å². The van der Waals surface area contributed by atoms with Crippen LogP contribution in [0.4, 0.5) is 19.7 Å². The van der Waals surface area contributed by atoms with Gasteiger partial charge >= 0.3 is 0 Å². The molecule has 1 aromatic carbocycles. The van der Waals surface area contributed by atoms with E-state index in [0.717, 1.165) is 37.1 Å². The largest absolute Gasteiger partial charge is 0.474 e. The Morgan fingerprint density at radius 3 is 2.90 bits per heavy atom. The van der Waals surface area contributed by atoms with E-state index in [-0.39, 0.29) is 22.6 Å². The highest BCUT2D eigenvalue weighted by Gasteiger charge is 2.49. The molecule has 0 spiro atoms. The highest BCUT2D eigenvalue weighted by Crippen LogP contribution is 2.41. The number of nitrogen functional groups attached to an aromatic ring is 1. The van der Waals surface area contributed by atoms with E-state index in [0.29, 0.717) is 77.7 Å². The summed E-state index contributed by atoms with van der Waals surface area (Å²) < 4.78 is 37.7. The first-order valence-corrected chi connectivity index (χ1v) is 15.1. The number of hydrogen-bond donors (Lipinski definition) is 2. The van der Waals surface area contributed by atoms with E-state index in [4.69, 9.17) is 20.4 Å². The van der Waals surface area contributed by atoms with Gasteiger partial charge in [-0.15, -0.1) is 11.3 Å². The number of alkyl halides is 1. The van der Waals surface area contributed by atoms with Gasteiger partial charge in [0.15, 0.2) is 11.2 Å². The van der Waals surface area contributed by atoms with Crippen molar-refractivity contribution in [2.45, 2.75) is 62.9 Å². The van der Waals surface area contributed by atoms with E-state index in [9.17, 15) is 19.1 Å². The molecule has 0 unspecified atom stereocenters.